The van der Waals surface area contributed by atoms with Crippen LogP contribution in [-0.4, -0.2) is 37.3 Å². The zero-order chi connectivity index (χ0) is 14.8. The van der Waals surface area contributed by atoms with Crippen LogP contribution in [0, 0.1) is 0 Å². The van der Waals surface area contributed by atoms with Gasteiger partial charge in [-0.25, -0.2) is 0 Å². The normalized spacial score (nSPS) is 11.9. The van der Waals surface area contributed by atoms with E-state index in [9.17, 15) is 9.90 Å². The molecule has 0 saturated heterocycles. The number of ether oxygens (including phenoxy) is 1. The van der Waals surface area contributed by atoms with Crippen LogP contribution in [0.1, 0.15) is 31.9 Å². The molecule has 1 aromatic rings. The first-order chi connectivity index (χ1) is 9.63. The van der Waals surface area contributed by atoms with Crippen LogP contribution in [0.15, 0.2) is 24.3 Å². The Morgan fingerprint density at radius 3 is 2.60 bits per heavy atom. The first-order valence-electron chi connectivity index (χ1n) is 6.99. The minimum absolute atomic E-state index is 0.0144. The Hall–Kier alpha value is -1.59. The average molecular weight is 280 g/mol. The Kier molecular flexibility index (Phi) is 7.69. The van der Waals surface area contributed by atoms with Gasteiger partial charge in [0.2, 0.25) is 5.91 Å². The Morgan fingerprint density at radius 1 is 1.30 bits per heavy atom. The Morgan fingerprint density at radius 2 is 2.00 bits per heavy atom. The molecule has 0 bridgehead atoms. The van der Waals surface area contributed by atoms with Crippen LogP contribution in [-0.2, 0) is 4.79 Å². The molecule has 3 N–H and O–H groups in total. The van der Waals surface area contributed by atoms with Gasteiger partial charge in [0.1, 0.15) is 5.75 Å². The number of carbonyl (C=O) groups excluding carboxylic acids is 1. The van der Waals surface area contributed by atoms with Crippen LogP contribution in [0.25, 0.3) is 0 Å². The van der Waals surface area contributed by atoms with Crippen molar-refractivity contribution >= 4 is 5.91 Å². The topological polar surface area (TPSA) is 70.6 Å². The van der Waals surface area contributed by atoms with Gasteiger partial charge in [0.15, 0.2) is 0 Å². The largest absolute Gasteiger partial charge is 0.494 e. The average Bonchev–Trinajstić information content (AvgIpc) is 2.43. The van der Waals surface area contributed by atoms with Crippen molar-refractivity contribution in [2.45, 2.75) is 26.4 Å². The van der Waals surface area contributed by atoms with Crippen molar-refractivity contribution in [2.24, 2.45) is 0 Å². The van der Waals surface area contributed by atoms with Gasteiger partial charge in [-0.3, -0.25) is 4.79 Å². The second-order valence-corrected chi connectivity index (χ2v) is 4.56. The summed E-state index contributed by atoms with van der Waals surface area (Å²) < 4.78 is 5.35. The maximum absolute atomic E-state index is 10.7. The molecule has 1 amide bonds. The number of rotatable bonds is 9. The van der Waals surface area contributed by atoms with Gasteiger partial charge in [0.05, 0.1) is 12.7 Å². The zero-order valence-electron chi connectivity index (χ0n) is 12.2. The van der Waals surface area contributed by atoms with Gasteiger partial charge in [-0.2, -0.15) is 0 Å². The molecule has 0 saturated carbocycles. The van der Waals surface area contributed by atoms with Crippen LogP contribution in [0.3, 0.4) is 0 Å². The lowest BCUT2D eigenvalue weighted by molar-refractivity contribution is -0.118. The molecule has 20 heavy (non-hydrogen) atoms. The van der Waals surface area contributed by atoms with E-state index in [1.807, 2.05) is 31.2 Å². The highest BCUT2D eigenvalue weighted by Gasteiger charge is 2.06. The molecular formula is C15H24N2O3. The summed E-state index contributed by atoms with van der Waals surface area (Å²) in [5.74, 6) is 0.797. The fraction of sp³-hybridized carbons (Fsp3) is 0.533. The number of amides is 1. The van der Waals surface area contributed by atoms with E-state index in [0.717, 1.165) is 24.3 Å². The summed E-state index contributed by atoms with van der Waals surface area (Å²) in [6.07, 6.45) is 0.307. The van der Waals surface area contributed by atoms with Crippen molar-refractivity contribution < 1.29 is 14.6 Å². The van der Waals surface area contributed by atoms with E-state index in [1.54, 1.807) is 0 Å². The molecule has 1 atom stereocenters. The lowest BCUT2D eigenvalue weighted by Gasteiger charge is -2.13. The van der Waals surface area contributed by atoms with Crippen LogP contribution in [0.5, 0.6) is 5.75 Å². The fourth-order valence-electron chi connectivity index (χ4n) is 1.79. The lowest BCUT2D eigenvalue weighted by Crippen LogP contribution is -2.27. The summed E-state index contributed by atoms with van der Waals surface area (Å²) in [6, 6.07) is 7.46. The van der Waals surface area contributed by atoms with E-state index in [2.05, 4.69) is 10.6 Å². The van der Waals surface area contributed by atoms with Gasteiger partial charge in [0.25, 0.3) is 0 Å². The smallest absolute Gasteiger partial charge is 0.216 e. The molecule has 0 radical (unpaired) electrons. The molecule has 112 valence electrons. The quantitative estimate of drug-likeness (QED) is 0.595. The highest BCUT2D eigenvalue weighted by Crippen LogP contribution is 2.17. The van der Waals surface area contributed by atoms with Gasteiger partial charge < -0.3 is 20.5 Å². The monoisotopic (exact) mass is 280 g/mol. The number of hydrogen-bond donors (Lipinski definition) is 3. The van der Waals surface area contributed by atoms with Crippen molar-refractivity contribution in [1.82, 2.24) is 10.6 Å². The maximum atomic E-state index is 10.7. The zero-order valence-corrected chi connectivity index (χ0v) is 12.2. The highest BCUT2D eigenvalue weighted by atomic mass is 16.5. The van der Waals surface area contributed by atoms with Crippen molar-refractivity contribution in [3.05, 3.63) is 29.8 Å². The molecule has 0 aliphatic carbocycles. The summed E-state index contributed by atoms with van der Waals surface area (Å²) >= 11 is 0. The predicted octanol–water partition coefficient (Wildman–Crippen LogP) is 1.23. The second kappa shape index (κ2) is 9.34. The summed E-state index contributed by atoms with van der Waals surface area (Å²) in [6.45, 7) is 5.98. The molecule has 5 heteroatoms. The van der Waals surface area contributed by atoms with E-state index >= 15 is 0 Å². The van der Waals surface area contributed by atoms with Gasteiger partial charge in [-0.1, -0.05) is 12.1 Å². The summed E-state index contributed by atoms with van der Waals surface area (Å²) in [5, 5.41) is 15.9. The summed E-state index contributed by atoms with van der Waals surface area (Å²) in [5.41, 5.74) is 0.864. The molecule has 0 spiro atoms. The molecule has 1 unspecified atom stereocenters. The predicted molar refractivity (Wildman–Crippen MR) is 78.7 cm³/mol. The Balaban J connectivity index is 2.21. The third-order valence-electron chi connectivity index (χ3n) is 2.82. The van der Waals surface area contributed by atoms with Gasteiger partial charge >= 0.3 is 0 Å². The van der Waals surface area contributed by atoms with Crippen molar-refractivity contribution in [3.8, 4) is 5.75 Å². The van der Waals surface area contributed by atoms with E-state index in [4.69, 9.17) is 4.74 Å². The lowest BCUT2D eigenvalue weighted by atomic mass is 10.1. The standard InChI is InChI=1S/C15H24N2O3/c1-3-20-14-7-5-13(6-8-14)15(19)11-16-9-4-10-17-12(2)18/h5-8,15-16,19H,3-4,9-11H2,1-2H3,(H,17,18). The highest BCUT2D eigenvalue weighted by molar-refractivity contribution is 5.72. The van der Waals surface area contributed by atoms with Crippen molar-refractivity contribution in [2.75, 3.05) is 26.2 Å². The third-order valence-corrected chi connectivity index (χ3v) is 2.82. The van der Waals surface area contributed by atoms with Crippen molar-refractivity contribution in [3.63, 3.8) is 0 Å². The summed E-state index contributed by atoms with van der Waals surface area (Å²) in [4.78, 5) is 10.7. The van der Waals surface area contributed by atoms with Crippen LogP contribution >= 0.6 is 0 Å². The number of carbonyl (C=O) groups is 1. The molecule has 1 rings (SSSR count). The number of aliphatic hydroxyl groups is 1. The molecule has 0 aliphatic rings. The minimum Gasteiger partial charge on any atom is -0.494 e. The van der Waals surface area contributed by atoms with E-state index < -0.39 is 6.10 Å². The SMILES string of the molecule is CCOc1ccc(C(O)CNCCCNC(C)=O)cc1. The van der Waals surface area contributed by atoms with Crippen molar-refractivity contribution in [1.29, 1.82) is 0 Å². The fourth-order valence-corrected chi connectivity index (χ4v) is 1.79. The molecular weight excluding hydrogens is 256 g/mol. The van der Waals surface area contributed by atoms with E-state index in [1.165, 1.54) is 6.92 Å². The molecule has 0 heterocycles. The first kappa shape index (κ1) is 16.5. The van der Waals surface area contributed by atoms with E-state index in [-0.39, 0.29) is 5.91 Å². The number of nitrogens with one attached hydrogen (secondary N) is 2. The third kappa shape index (κ3) is 6.54. The number of aliphatic hydroxyl groups excluding tert-OH is 1. The minimum atomic E-state index is -0.536. The number of hydrogen-bond acceptors (Lipinski definition) is 4. The molecule has 1 aromatic carbocycles. The van der Waals surface area contributed by atoms with Crippen LogP contribution in [0.2, 0.25) is 0 Å². The molecule has 0 aliphatic heterocycles. The van der Waals surface area contributed by atoms with Gasteiger partial charge in [-0.15, -0.1) is 0 Å². The van der Waals surface area contributed by atoms with E-state index in [0.29, 0.717) is 19.7 Å². The number of benzene rings is 1. The van der Waals surface area contributed by atoms with Crippen LogP contribution in [0.4, 0.5) is 0 Å². The second-order valence-electron chi connectivity index (χ2n) is 4.56. The molecule has 0 aromatic heterocycles. The Labute approximate surface area is 120 Å². The Bertz CT molecular complexity index is 393. The van der Waals surface area contributed by atoms with Gasteiger partial charge in [-0.05, 0) is 37.6 Å². The molecule has 0 fully saturated rings. The summed E-state index contributed by atoms with van der Waals surface area (Å²) in [7, 11) is 0. The molecule has 5 nitrogen and oxygen atoms in total. The maximum Gasteiger partial charge on any atom is 0.216 e. The first-order valence-corrected chi connectivity index (χ1v) is 6.99. The van der Waals surface area contributed by atoms with Gasteiger partial charge in [0, 0.05) is 20.0 Å². The van der Waals surface area contributed by atoms with Crippen LogP contribution < -0.4 is 15.4 Å².